The van der Waals surface area contributed by atoms with Crippen LogP contribution in [0.4, 0.5) is 16.2 Å². The average Bonchev–Trinajstić information content (AvgIpc) is 2.77. The van der Waals surface area contributed by atoms with E-state index in [1.54, 1.807) is 7.05 Å². The maximum Gasteiger partial charge on any atom is 0.414 e. The molecule has 1 fully saturated rings. The van der Waals surface area contributed by atoms with Crippen LogP contribution in [0.1, 0.15) is 39.2 Å². The molecule has 0 aliphatic carbocycles. The summed E-state index contributed by atoms with van der Waals surface area (Å²) >= 11 is 0. The van der Waals surface area contributed by atoms with E-state index in [1.165, 1.54) is 4.90 Å². The lowest BCUT2D eigenvalue weighted by Gasteiger charge is -2.32. The van der Waals surface area contributed by atoms with Crippen LogP contribution in [-0.4, -0.2) is 37.7 Å². The van der Waals surface area contributed by atoms with Crippen molar-refractivity contribution in [1.29, 1.82) is 0 Å². The minimum absolute atomic E-state index is 0.0658. The number of fused-ring (bicyclic) bond motifs is 2. The maximum atomic E-state index is 12.6. The lowest BCUT2D eigenvalue weighted by atomic mass is 9.74. The molecule has 1 aromatic carbocycles. The van der Waals surface area contributed by atoms with E-state index < -0.39 is 17.1 Å². The second kappa shape index (κ2) is 5.77. The molecule has 0 radical (unpaired) electrons. The van der Waals surface area contributed by atoms with Crippen molar-refractivity contribution in [1.82, 2.24) is 5.32 Å². The van der Waals surface area contributed by atoms with Crippen molar-refractivity contribution in [3.63, 3.8) is 0 Å². The molecule has 2 heterocycles. The molecule has 3 rings (SSSR count). The van der Waals surface area contributed by atoms with Gasteiger partial charge in [-0.2, -0.15) is 0 Å². The van der Waals surface area contributed by atoms with Gasteiger partial charge in [0.25, 0.3) is 0 Å². The zero-order valence-corrected chi connectivity index (χ0v) is 14.7. The summed E-state index contributed by atoms with van der Waals surface area (Å²) in [7, 11) is 1.69. The molecule has 2 N–H and O–H groups in total. The summed E-state index contributed by atoms with van der Waals surface area (Å²) in [5.74, 6) is 0.0658. The number of nitrogens with one attached hydrogen (secondary N) is 2. The Morgan fingerprint density at radius 1 is 1.25 bits per heavy atom. The molecule has 2 aliphatic heterocycles. The summed E-state index contributed by atoms with van der Waals surface area (Å²) in [4.78, 5) is 26.4. The molecule has 1 spiro atoms. The highest BCUT2D eigenvalue weighted by Crippen LogP contribution is 2.45. The third-order valence-electron chi connectivity index (χ3n) is 4.71. The zero-order chi connectivity index (χ0) is 17.5. The fourth-order valence-corrected chi connectivity index (χ4v) is 3.40. The fraction of sp³-hybridized carbons (Fsp3) is 0.556. The standard InChI is InChI=1S/C18H25N3O3/c1-17(2,3)24-16(23)21(4)12-5-6-14-13(11-12)18(15(22)20-14)7-9-19-10-8-18/h5-6,11,19H,7-10H2,1-4H3,(H,20,22). The van der Waals surface area contributed by atoms with Gasteiger partial charge in [0.2, 0.25) is 5.91 Å². The lowest BCUT2D eigenvalue weighted by Crippen LogP contribution is -2.44. The number of amides is 2. The molecule has 6 heteroatoms. The Balaban J connectivity index is 1.91. The largest absolute Gasteiger partial charge is 0.443 e. The summed E-state index contributed by atoms with van der Waals surface area (Å²) < 4.78 is 5.43. The molecule has 0 bridgehead atoms. The minimum atomic E-state index is -0.546. The normalized spacial score (nSPS) is 18.9. The molecule has 2 aliphatic rings. The van der Waals surface area contributed by atoms with Crippen LogP contribution in [0, 0.1) is 0 Å². The number of rotatable bonds is 1. The van der Waals surface area contributed by atoms with Crippen LogP contribution in [0.2, 0.25) is 0 Å². The van der Waals surface area contributed by atoms with Gasteiger partial charge in [-0.25, -0.2) is 4.79 Å². The summed E-state index contributed by atoms with van der Waals surface area (Å²) in [6.45, 7) is 7.16. The molecule has 6 nitrogen and oxygen atoms in total. The SMILES string of the molecule is CN(C(=O)OC(C)(C)C)c1ccc2c(c1)C1(CCNCC1)C(=O)N2. The van der Waals surface area contributed by atoms with E-state index in [-0.39, 0.29) is 5.91 Å². The van der Waals surface area contributed by atoms with Gasteiger partial charge in [-0.3, -0.25) is 9.69 Å². The minimum Gasteiger partial charge on any atom is -0.443 e. The molecule has 24 heavy (non-hydrogen) atoms. The van der Waals surface area contributed by atoms with Crippen molar-refractivity contribution in [3.05, 3.63) is 23.8 Å². The highest BCUT2D eigenvalue weighted by atomic mass is 16.6. The van der Waals surface area contributed by atoms with Crippen molar-refractivity contribution in [3.8, 4) is 0 Å². The van der Waals surface area contributed by atoms with E-state index >= 15 is 0 Å². The predicted octanol–water partition coefficient (Wildman–Crippen LogP) is 2.63. The monoisotopic (exact) mass is 331 g/mol. The van der Waals surface area contributed by atoms with Gasteiger partial charge in [-0.15, -0.1) is 0 Å². The number of carbonyl (C=O) groups excluding carboxylic acids is 2. The Morgan fingerprint density at radius 2 is 1.92 bits per heavy atom. The van der Waals surface area contributed by atoms with Gasteiger partial charge in [-0.05, 0) is 70.5 Å². The van der Waals surface area contributed by atoms with E-state index in [9.17, 15) is 9.59 Å². The smallest absolute Gasteiger partial charge is 0.414 e. The second-order valence-corrected chi connectivity index (χ2v) is 7.56. The first kappa shape index (κ1) is 16.8. The molecular weight excluding hydrogens is 306 g/mol. The van der Waals surface area contributed by atoms with Gasteiger partial charge >= 0.3 is 6.09 Å². The van der Waals surface area contributed by atoms with Crippen LogP contribution in [0.25, 0.3) is 0 Å². The molecule has 1 saturated heterocycles. The third-order valence-corrected chi connectivity index (χ3v) is 4.71. The van der Waals surface area contributed by atoms with Gasteiger partial charge in [0.05, 0.1) is 5.41 Å². The number of nitrogens with zero attached hydrogens (tertiary/aromatic N) is 1. The number of benzene rings is 1. The Hall–Kier alpha value is -2.08. The van der Waals surface area contributed by atoms with E-state index in [0.29, 0.717) is 0 Å². The van der Waals surface area contributed by atoms with E-state index in [1.807, 2.05) is 39.0 Å². The van der Waals surface area contributed by atoms with Gasteiger partial charge in [0.15, 0.2) is 0 Å². The molecule has 1 aromatic rings. The molecular formula is C18H25N3O3. The highest BCUT2D eigenvalue weighted by molar-refractivity contribution is 6.07. The molecule has 0 aromatic heterocycles. The Bertz CT molecular complexity index is 673. The summed E-state index contributed by atoms with van der Waals surface area (Å²) in [5, 5.41) is 6.29. The van der Waals surface area contributed by atoms with Crippen molar-refractivity contribution in [2.24, 2.45) is 0 Å². The van der Waals surface area contributed by atoms with Gasteiger partial charge in [0.1, 0.15) is 5.60 Å². The summed E-state index contributed by atoms with van der Waals surface area (Å²) in [5.41, 5.74) is 1.55. The Kier molecular flexibility index (Phi) is 4.03. The van der Waals surface area contributed by atoms with Crippen LogP contribution in [0.3, 0.4) is 0 Å². The summed E-state index contributed by atoms with van der Waals surface area (Å²) in [6.07, 6.45) is 1.13. The molecule has 130 valence electrons. The number of hydrogen-bond acceptors (Lipinski definition) is 4. The van der Waals surface area contributed by atoms with Crippen molar-refractivity contribution < 1.29 is 14.3 Å². The summed E-state index contributed by atoms with van der Waals surface area (Å²) in [6, 6.07) is 5.66. The van der Waals surface area contributed by atoms with E-state index in [0.717, 1.165) is 42.9 Å². The van der Waals surface area contributed by atoms with Crippen LogP contribution >= 0.6 is 0 Å². The van der Waals surface area contributed by atoms with Gasteiger partial charge < -0.3 is 15.4 Å². The first-order valence-corrected chi connectivity index (χ1v) is 8.36. The molecule has 2 amide bonds. The van der Waals surface area contributed by atoms with E-state index in [4.69, 9.17) is 4.74 Å². The van der Waals surface area contributed by atoms with Gasteiger partial charge in [-0.1, -0.05) is 0 Å². The molecule has 0 saturated carbocycles. The fourth-order valence-electron chi connectivity index (χ4n) is 3.40. The Labute approximate surface area is 142 Å². The number of carbonyl (C=O) groups is 2. The van der Waals surface area contributed by atoms with Crippen LogP contribution in [0.5, 0.6) is 0 Å². The van der Waals surface area contributed by atoms with Crippen LogP contribution < -0.4 is 15.5 Å². The van der Waals surface area contributed by atoms with Crippen molar-refractivity contribution in [2.75, 3.05) is 30.4 Å². The molecule has 0 unspecified atom stereocenters. The number of ether oxygens (including phenoxy) is 1. The second-order valence-electron chi connectivity index (χ2n) is 7.56. The lowest BCUT2D eigenvalue weighted by molar-refractivity contribution is -0.121. The third kappa shape index (κ3) is 2.86. The predicted molar refractivity (Wildman–Crippen MR) is 93.5 cm³/mol. The highest BCUT2D eigenvalue weighted by Gasteiger charge is 2.47. The average molecular weight is 331 g/mol. The topological polar surface area (TPSA) is 70.7 Å². The van der Waals surface area contributed by atoms with Crippen LogP contribution in [0.15, 0.2) is 18.2 Å². The number of piperidine rings is 1. The zero-order valence-electron chi connectivity index (χ0n) is 14.7. The van der Waals surface area contributed by atoms with E-state index in [2.05, 4.69) is 10.6 Å². The van der Waals surface area contributed by atoms with Crippen molar-refractivity contribution in [2.45, 2.75) is 44.6 Å². The Morgan fingerprint density at radius 3 is 2.54 bits per heavy atom. The van der Waals surface area contributed by atoms with Crippen LogP contribution in [-0.2, 0) is 14.9 Å². The molecule has 0 atom stereocenters. The quantitative estimate of drug-likeness (QED) is 0.830. The number of anilines is 2. The van der Waals surface area contributed by atoms with Gasteiger partial charge in [0, 0.05) is 18.4 Å². The maximum absolute atomic E-state index is 12.6. The number of hydrogen-bond donors (Lipinski definition) is 2. The first-order valence-electron chi connectivity index (χ1n) is 8.36. The van der Waals surface area contributed by atoms with Crippen molar-refractivity contribution >= 4 is 23.4 Å². The first-order chi connectivity index (χ1) is 11.2.